The Bertz CT molecular complexity index is 579. The molecule has 2 aromatic rings. The standard InChI is InChI=1S/C16H22BrN3/c1-10(16(2,3)4)9-13-14(15(18)20-19-13)11-5-7-12(17)8-6-11/h5-8,10H,9H2,1-4H3,(H3,18,19,20). The second-order valence-corrected chi connectivity index (χ2v) is 7.36. The molecule has 0 aliphatic rings. The predicted molar refractivity (Wildman–Crippen MR) is 88.5 cm³/mol. The van der Waals surface area contributed by atoms with Gasteiger partial charge in [0.15, 0.2) is 5.82 Å². The molecule has 20 heavy (non-hydrogen) atoms. The van der Waals surface area contributed by atoms with Crippen LogP contribution >= 0.6 is 15.9 Å². The van der Waals surface area contributed by atoms with Crippen molar-refractivity contribution in [1.82, 2.24) is 10.2 Å². The van der Waals surface area contributed by atoms with Gasteiger partial charge in [-0.1, -0.05) is 55.8 Å². The summed E-state index contributed by atoms with van der Waals surface area (Å²) >= 11 is 3.46. The maximum atomic E-state index is 6.04. The molecule has 0 spiro atoms. The number of hydrogen-bond acceptors (Lipinski definition) is 2. The first-order valence-electron chi connectivity index (χ1n) is 6.87. The van der Waals surface area contributed by atoms with E-state index < -0.39 is 0 Å². The summed E-state index contributed by atoms with van der Waals surface area (Å²) in [7, 11) is 0. The summed E-state index contributed by atoms with van der Waals surface area (Å²) in [5, 5.41) is 7.29. The highest BCUT2D eigenvalue weighted by Gasteiger charge is 2.23. The van der Waals surface area contributed by atoms with Crippen LogP contribution in [-0.4, -0.2) is 10.2 Å². The molecule has 0 amide bonds. The smallest absolute Gasteiger partial charge is 0.153 e. The third-order valence-corrected chi connectivity index (χ3v) is 4.52. The minimum Gasteiger partial charge on any atom is -0.382 e. The molecule has 1 aromatic carbocycles. The van der Waals surface area contributed by atoms with E-state index >= 15 is 0 Å². The Hall–Kier alpha value is -1.29. The zero-order chi connectivity index (χ0) is 14.9. The zero-order valence-corrected chi connectivity index (χ0v) is 14.1. The zero-order valence-electron chi connectivity index (χ0n) is 12.5. The second kappa shape index (κ2) is 5.60. The fraction of sp³-hybridized carbons (Fsp3) is 0.438. The van der Waals surface area contributed by atoms with E-state index in [1.54, 1.807) is 0 Å². The van der Waals surface area contributed by atoms with Crippen molar-refractivity contribution in [3.05, 3.63) is 34.4 Å². The Morgan fingerprint density at radius 1 is 1.25 bits per heavy atom. The molecule has 3 nitrogen and oxygen atoms in total. The molecule has 0 saturated carbocycles. The number of nitrogens with zero attached hydrogens (tertiary/aromatic N) is 1. The molecule has 0 aliphatic carbocycles. The van der Waals surface area contributed by atoms with Crippen molar-refractivity contribution in [3.8, 4) is 11.1 Å². The van der Waals surface area contributed by atoms with Crippen LogP contribution in [0.4, 0.5) is 5.82 Å². The van der Waals surface area contributed by atoms with E-state index in [2.05, 4.69) is 66.0 Å². The largest absolute Gasteiger partial charge is 0.382 e. The van der Waals surface area contributed by atoms with Crippen molar-refractivity contribution in [3.63, 3.8) is 0 Å². The highest BCUT2D eigenvalue weighted by Crippen LogP contribution is 2.34. The molecular formula is C16H22BrN3. The lowest BCUT2D eigenvalue weighted by atomic mass is 9.79. The quantitative estimate of drug-likeness (QED) is 0.857. The van der Waals surface area contributed by atoms with Crippen molar-refractivity contribution >= 4 is 21.7 Å². The van der Waals surface area contributed by atoms with E-state index in [0.717, 1.165) is 27.7 Å². The fourth-order valence-electron chi connectivity index (χ4n) is 2.09. The maximum Gasteiger partial charge on any atom is 0.153 e. The maximum absolute atomic E-state index is 6.04. The minimum absolute atomic E-state index is 0.261. The summed E-state index contributed by atoms with van der Waals surface area (Å²) < 4.78 is 1.06. The Balaban J connectivity index is 2.35. The van der Waals surface area contributed by atoms with Crippen molar-refractivity contribution in [2.24, 2.45) is 11.3 Å². The van der Waals surface area contributed by atoms with Gasteiger partial charge in [-0.05, 0) is 35.4 Å². The van der Waals surface area contributed by atoms with E-state index in [1.807, 2.05) is 12.1 Å². The molecular weight excluding hydrogens is 314 g/mol. The van der Waals surface area contributed by atoms with Gasteiger partial charge in [0.25, 0.3) is 0 Å². The molecule has 0 radical (unpaired) electrons. The molecule has 4 heteroatoms. The number of nitrogens with two attached hydrogens (primary N) is 1. The van der Waals surface area contributed by atoms with Crippen molar-refractivity contribution in [2.75, 3.05) is 5.73 Å². The van der Waals surface area contributed by atoms with Crippen LogP contribution in [0.2, 0.25) is 0 Å². The Morgan fingerprint density at radius 2 is 1.85 bits per heavy atom. The molecule has 1 atom stereocenters. The Morgan fingerprint density at radius 3 is 2.40 bits per heavy atom. The lowest BCUT2D eigenvalue weighted by Crippen LogP contribution is -2.19. The summed E-state index contributed by atoms with van der Waals surface area (Å²) in [5.41, 5.74) is 9.56. The van der Waals surface area contributed by atoms with Gasteiger partial charge in [-0.2, -0.15) is 5.10 Å². The number of halogens is 1. The highest BCUT2D eigenvalue weighted by molar-refractivity contribution is 9.10. The minimum atomic E-state index is 0.261. The van der Waals surface area contributed by atoms with Crippen LogP contribution in [0.3, 0.4) is 0 Å². The average Bonchev–Trinajstić information content (AvgIpc) is 2.71. The van der Waals surface area contributed by atoms with Crippen LogP contribution in [0, 0.1) is 11.3 Å². The van der Waals surface area contributed by atoms with Crippen LogP contribution in [0.15, 0.2) is 28.7 Å². The van der Waals surface area contributed by atoms with Crippen LogP contribution in [-0.2, 0) is 6.42 Å². The number of aromatic nitrogens is 2. The number of nitrogen functional groups attached to an aromatic ring is 1. The molecule has 1 unspecified atom stereocenters. The summed E-state index contributed by atoms with van der Waals surface area (Å²) in [5.74, 6) is 1.11. The first kappa shape index (κ1) is 15.1. The molecule has 2 rings (SSSR count). The number of nitrogens with one attached hydrogen (secondary N) is 1. The first-order valence-corrected chi connectivity index (χ1v) is 7.67. The second-order valence-electron chi connectivity index (χ2n) is 6.44. The summed E-state index contributed by atoms with van der Waals surface area (Å²) in [6.45, 7) is 9.05. The van der Waals surface area contributed by atoms with E-state index in [9.17, 15) is 0 Å². The fourth-order valence-corrected chi connectivity index (χ4v) is 2.36. The molecule has 108 valence electrons. The van der Waals surface area contributed by atoms with Crippen LogP contribution < -0.4 is 5.73 Å². The van der Waals surface area contributed by atoms with Crippen molar-refractivity contribution in [1.29, 1.82) is 0 Å². The van der Waals surface area contributed by atoms with Gasteiger partial charge in [0.1, 0.15) is 0 Å². The summed E-state index contributed by atoms with van der Waals surface area (Å²) in [6, 6.07) is 8.19. The van der Waals surface area contributed by atoms with Crippen molar-refractivity contribution < 1.29 is 0 Å². The summed E-state index contributed by atoms with van der Waals surface area (Å²) in [4.78, 5) is 0. The summed E-state index contributed by atoms with van der Waals surface area (Å²) in [6.07, 6.45) is 0.944. The molecule has 1 aromatic heterocycles. The van der Waals surface area contributed by atoms with Gasteiger partial charge >= 0.3 is 0 Å². The first-order chi connectivity index (χ1) is 9.29. The van der Waals surface area contributed by atoms with E-state index in [0.29, 0.717) is 11.7 Å². The van der Waals surface area contributed by atoms with Gasteiger partial charge in [-0.3, -0.25) is 5.10 Å². The molecule has 0 fully saturated rings. The lowest BCUT2D eigenvalue weighted by molar-refractivity contribution is 0.258. The molecule has 0 aliphatic heterocycles. The van der Waals surface area contributed by atoms with Gasteiger partial charge in [0.05, 0.1) is 0 Å². The third-order valence-electron chi connectivity index (χ3n) is 3.99. The lowest BCUT2D eigenvalue weighted by Gasteiger charge is -2.27. The van der Waals surface area contributed by atoms with Crippen LogP contribution in [0.25, 0.3) is 11.1 Å². The van der Waals surface area contributed by atoms with Gasteiger partial charge in [0, 0.05) is 15.7 Å². The average molecular weight is 336 g/mol. The number of H-pyrrole nitrogens is 1. The van der Waals surface area contributed by atoms with Gasteiger partial charge in [-0.25, -0.2) is 0 Å². The van der Waals surface area contributed by atoms with E-state index in [4.69, 9.17) is 5.73 Å². The molecule has 0 bridgehead atoms. The van der Waals surface area contributed by atoms with Gasteiger partial charge in [0.2, 0.25) is 0 Å². The predicted octanol–water partition coefficient (Wildman–Crippen LogP) is 4.65. The van der Waals surface area contributed by atoms with Crippen LogP contribution in [0.1, 0.15) is 33.4 Å². The number of anilines is 1. The number of rotatable bonds is 3. The SMILES string of the molecule is CC(Cc1[nH]nc(N)c1-c1ccc(Br)cc1)C(C)(C)C. The highest BCUT2D eigenvalue weighted by atomic mass is 79.9. The third kappa shape index (κ3) is 3.23. The topological polar surface area (TPSA) is 54.7 Å². The normalized spacial score (nSPS) is 13.4. The van der Waals surface area contributed by atoms with Crippen LogP contribution in [0.5, 0.6) is 0 Å². The molecule has 1 heterocycles. The molecule has 3 N–H and O–H groups in total. The van der Waals surface area contributed by atoms with Crippen molar-refractivity contribution in [2.45, 2.75) is 34.1 Å². The van der Waals surface area contributed by atoms with Gasteiger partial charge in [-0.15, -0.1) is 0 Å². The number of aromatic amines is 1. The van der Waals surface area contributed by atoms with Gasteiger partial charge < -0.3 is 5.73 Å². The van der Waals surface area contributed by atoms with E-state index in [1.165, 1.54) is 0 Å². The van der Waals surface area contributed by atoms with E-state index in [-0.39, 0.29) is 5.41 Å². The monoisotopic (exact) mass is 335 g/mol. The Kier molecular flexibility index (Phi) is 4.23. The Labute approximate surface area is 129 Å². The number of benzene rings is 1. The molecule has 0 saturated heterocycles. The number of hydrogen-bond donors (Lipinski definition) is 2.